The Morgan fingerprint density at radius 2 is 2.00 bits per heavy atom. The van der Waals surface area contributed by atoms with Crippen molar-refractivity contribution in [3.8, 4) is 5.75 Å². The van der Waals surface area contributed by atoms with E-state index in [1.54, 1.807) is 6.07 Å². The number of halogens is 3. The van der Waals surface area contributed by atoms with Crippen LogP contribution in [-0.4, -0.2) is 23.3 Å². The van der Waals surface area contributed by atoms with Gasteiger partial charge in [-0.15, -0.1) is 0 Å². The van der Waals surface area contributed by atoms with Gasteiger partial charge in [-0.1, -0.05) is 17.3 Å². The highest BCUT2D eigenvalue weighted by atomic mass is 19.4. The summed E-state index contributed by atoms with van der Waals surface area (Å²) in [5, 5.41) is 11.2. The van der Waals surface area contributed by atoms with Gasteiger partial charge in [-0.25, -0.2) is 0 Å². The Labute approximate surface area is 95.5 Å². The monoisotopic (exact) mass is 248 g/mol. The van der Waals surface area contributed by atoms with E-state index in [0.717, 1.165) is 6.92 Å². The van der Waals surface area contributed by atoms with Crippen molar-refractivity contribution in [2.45, 2.75) is 19.2 Å². The van der Waals surface area contributed by atoms with Gasteiger partial charge in [0.05, 0.1) is 5.56 Å². The van der Waals surface area contributed by atoms with Gasteiger partial charge in [-0.2, -0.15) is 13.2 Å². The molecule has 0 fully saturated rings. The van der Waals surface area contributed by atoms with Crippen LogP contribution in [0.15, 0.2) is 29.4 Å². The smallest absolute Gasteiger partial charge is 0.425 e. The lowest BCUT2D eigenvalue weighted by Crippen LogP contribution is -2.32. The molecule has 0 amide bonds. The number of alkyl halides is 3. The Kier molecular flexibility index (Phi) is 3.82. The number of ether oxygens (including phenoxy) is 1. The van der Waals surface area contributed by atoms with Gasteiger partial charge in [-0.3, -0.25) is 0 Å². The molecule has 17 heavy (non-hydrogen) atoms. The molecular weight excluding hydrogens is 237 g/mol. The number of nitrogens with two attached hydrogens (primary N) is 1. The number of amidine groups is 1. The molecular formula is C10H11F3N2O2. The van der Waals surface area contributed by atoms with E-state index in [1.807, 2.05) is 0 Å². The molecule has 1 unspecified atom stereocenters. The van der Waals surface area contributed by atoms with E-state index < -0.39 is 12.3 Å². The number of oxime groups is 1. The zero-order chi connectivity index (χ0) is 13.1. The molecule has 0 spiro atoms. The molecule has 0 aliphatic carbocycles. The number of benzene rings is 1. The molecule has 0 aliphatic rings. The fourth-order valence-corrected chi connectivity index (χ4v) is 1.09. The van der Waals surface area contributed by atoms with Crippen molar-refractivity contribution >= 4 is 5.84 Å². The standard InChI is InChI=1S/C10H11F3N2O2/c1-6(10(11,12)13)17-8-5-3-2-4-7(8)9(14)15-16/h2-6,16H,1H3,(H2,14,15). The average molecular weight is 248 g/mol. The molecule has 7 heteroatoms. The van der Waals surface area contributed by atoms with Crippen LogP contribution in [0.1, 0.15) is 12.5 Å². The van der Waals surface area contributed by atoms with E-state index in [4.69, 9.17) is 15.7 Å². The Morgan fingerprint density at radius 1 is 1.41 bits per heavy atom. The van der Waals surface area contributed by atoms with Crippen LogP contribution < -0.4 is 10.5 Å². The molecule has 3 N–H and O–H groups in total. The number of nitrogens with zero attached hydrogens (tertiary/aromatic N) is 1. The Balaban J connectivity index is 2.99. The predicted octanol–water partition coefficient (Wildman–Crippen LogP) is 2.11. The van der Waals surface area contributed by atoms with Gasteiger partial charge in [0.25, 0.3) is 0 Å². The van der Waals surface area contributed by atoms with Gasteiger partial charge in [0, 0.05) is 0 Å². The minimum Gasteiger partial charge on any atom is -0.480 e. The Bertz CT molecular complexity index is 418. The highest BCUT2D eigenvalue weighted by Crippen LogP contribution is 2.26. The molecule has 1 aromatic rings. The minimum atomic E-state index is -4.47. The second-order valence-electron chi connectivity index (χ2n) is 3.28. The van der Waals surface area contributed by atoms with Gasteiger partial charge in [-0.05, 0) is 19.1 Å². The first-order valence-corrected chi connectivity index (χ1v) is 4.66. The van der Waals surface area contributed by atoms with Crippen molar-refractivity contribution in [1.82, 2.24) is 0 Å². The van der Waals surface area contributed by atoms with E-state index >= 15 is 0 Å². The first-order valence-electron chi connectivity index (χ1n) is 4.66. The highest BCUT2D eigenvalue weighted by molar-refractivity contribution is 5.99. The fraction of sp³-hybridized carbons (Fsp3) is 0.300. The van der Waals surface area contributed by atoms with Crippen LogP contribution >= 0.6 is 0 Å². The maximum Gasteiger partial charge on any atom is 0.425 e. The van der Waals surface area contributed by atoms with Crippen LogP contribution in [-0.2, 0) is 0 Å². The van der Waals surface area contributed by atoms with Gasteiger partial charge < -0.3 is 15.7 Å². The summed E-state index contributed by atoms with van der Waals surface area (Å²) in [6.07, 6.45) is -6.45. The summed E-state index contributed by atoms with van der Waals surface area (Å²) in [5.74, 6) is -0.400. The summed E-state index contributed by atoms with van der Waals surface area (Å²) in [6, 6.07) is 5.74. The van der Waals surface area contributed by atoms with E-state index in [9.17, 15) is 13.2 Å². The average Bonchev–Trinajstić information content (AvgIpc) is 2.27. The molecule has 0 bridgehead atoms. The lowest BCUT2D eigenvalue weighted by molar-refractivity contribution is -0.189. The summed E-state index contributed by atoms with van der Waals surface area (Å²) >= 11 is 0. The molecule has 1 aromatic carbocycles. The first kappa shape index (κ1) is 13.1. The predicted molar refractivity (Wildman–Crippen MR) is 55.1 cm³/mol. The van der Waals surface area contributed by atoms with Crippen molar-refractivity contribution in [2.24, 2.45) is 10.9 Å². The van der Waals surface area contributed by atoms with Crippen molar-refractivity contribution in [3.63, 3.8) is 0 Å². The van der Waals surface area contributed by atoms with Crippen molar-refractivity contribution < 1.29 is 23.1 Å². The van der Waals surface area contributed by atoms with Crippen molar-refractivity contribution in [2.75, 3.05) is 0 Å². The first-order chi connectivity index (χ1) is 7.86. The molecule has 1 rings (SSSR count). The van der Waals surface area contributed by atoms with Gasteiger partial charge >= 0.3 is 6.18 Å². The van der Waals surface area contributed by atoms with Crippen LogP contribution in [0.25, 0.3) is 0 Å². The molecule has 94 valence electrons. The lowest BCUT2D eigenvalue weighted by Gasteiger charge is -2.19. The maximum absolute atomic E-state index is 12.3. The zero-order valence-corrected chi connectivity index (χ0v) is 8.90. The summed E-state index contributed by atoms with van der Waals surface area (Å²) in [7, 11) is 0. The molecule has 0 radical (unpaired) electrons. The third-order valence-corrected chi connectivity index (χ3v) is 2.04. The van der Waals surface area contributed by atoms with Gasteiger partial charge in [0.2, 0.25) is 0 Å². The highest BCUT2D eigenvalue weighted by Gasteiger charge is 2.38. The number of hydrogen-bond acceptors (Lipinski definition) is 3. The van der Waals surface area contributed by atoms with Crippen molar-refractivity contribution in [3.05, 3.63) is 29.8 Å². The van der Waals surface area contributed by atoms with Crippen LogP contribution in [0, 0.1) is 0 Å². The second-order valence-corrected chi connectivity index (χ2v) is 3.28. The SMILES string of the molecule is CC(Oc1ccccc1C(N)=NO)C(F)(F)F. The largest absolute Gasteiger partial charge is 0.480 e. The van der Waals surface area contributed by atoms with Gasteiger partial charge in [0.15, 0.2) is 11.9 Å². The molecule has 1 atom stereocenters. The van der Waals surface area contributed by atoms with E-state index in [0.29, 0.717) is 0 Å². The van der Waals surface area contributed by atoms with Gasteiger partial charge in [0.1, 0.15) is 5.75 Å². The van der Waals surface area contributed by atoms with Crippen LogP contribution in [0.5, 0.6) is 5.75 Å². The second kappa shape index (κ2) is 4.94. The Hall–Kier alpha value is -1.92. The summed E-state index contributed by atoms with van der Waals surface area (Å²) in [6.45, 7) is 0.878. The molecule has 0 aliphatic heterocycles. The quantitative estimate of drug-likeness (QED) is 0.372. The number of hydrogen-bond donors (Lipinski definition) is 2. The zero-order valence-electron chi connectivity index (χ0n) is 8.90. The molecule has 0 saturated carbocycles. The summed E-state index contributed by atoms with van der Waals surface area (Å²) < 4.78 is 41.7. The van der Waals surface area contributed by atoms with E-state index in [-0.39, 0.29) is 17.1 Å². The maximum atomic E-state index is 12.3. The molecule has 4 nitrogen and oxygen atoms in total. The van der Waals surface area contributed by atoms with Crippen LogP contribution in [0.4, 0.5) is 13.2 Å². The number of para-hydroxylation sites is 1. The normalized spacial score (nSPS) is 14.5. The summed E-state index contributed by atoms with van der Waals surface area (Å²) in [5.41, 5.74) is 5.42. The molecule has 0 saturated heterocycles. The Morgan fingerprint density at radius 3 is 2.53 bits per heavy atom. The van der Waals surface area contributed by atoms with E-state index in [1.165, 1.54) is 18.2 Å². The van der Waals surface area contributed by atoms with Crippen molar-refractivity contribution in [1.29, 1.82) is 0 Å². The third-order valence-electron chi connectivity index (χ3n) is 2.04. The number of rotatable bonds is 3. The van der Waals surface area contributed by atoms with Crippen LogP contribution in [0.3, 0.4) is 0 Å². The lowest BCUT2D eigenvalue weighted by atomic mass is 10.2. The van der Waals surface area contributed by atoms with Crippen LogP contribution in [0.2, 0.25) is 0 Å². The topological polar surface area (TPSA) is 67.8 Å². The fourth-order valence-electron chi connectivity index (χ4n) is 1.09. The van der Waals surface area contributed by atoms with E-state index in [2.05, 4.69) is 5.16 Å². The molecule has 0 aromatic heterocycles. The third kappa shape index (κ3) is 3.27. The summed E-state index contributed by atoms with van der Waals surface area (Å²) in [4.78, 5) is 0. The molecule has 0 heterocycles. The minimum absolute atomic E-state index is 0.0902.